The zero-order chi connectivity index (χ0) is 23.1. The van der Waals surface area contributed by atoms with E-state index in [9.17, 15) is 19.6 Å². The summed E-state index contributed by atoms with van der Waals surface area (Å²) in [6, 6.07) is 7.19. The minimum Gasteiger partial charge on any atom is -0.496 e. The van der Waals surface area contributed by atoms with Crippen molar-refractivity contribution in [2.45, 2.75) is 19.8 Å². The molecular weight excluding hydrogens is 486 g/mol. The molecule has 0 unspecified atom stereocenters. The molecule has 10 heteroatoms. The molecule has 0 saturated carbocycles. The molecule has 0 aromatic heterocycles. The first kappa shape index (κ1) is 24.8. The molecule has 0 spiro atoms. The lowest BCUT2D eigenvalue weighted by Gasteiger charge is -2.31. The first-order valence-electron chi connectivity index (χ1n) is 9.49. The highest BCUT2D eigenvalue weighted by molar-refractivity contribution is 9.10. The summed E-state index contributed by atoms with van der Waals surface area (Å²) in [5, 5.41) is 15.6. The van der Waals surface area contributed by atoms with Crippen LogP contribution >= 0.6 is 27.7 Å². The van der Waals surface area contributed by atoms with Crippen molar-refractivity contribution in [2.75, 3.05) is 26.5 Å². The number of hydrogen-bond acceptors (Lipinski definition) is 7. The van der Waals surface area contributed by atoms with Gasteiger partial charge in [0, 0.05) is 12.5 Å². The van der Waals surface area contributed by atoms with E-state index in [-0.39, 0.29) is 22.3 Å². The summed E-state index contributed by atoms with van der Waals surface area (Å²) in [7, 11) is 2.71. The van der Waals surface area contributed by atoms with E-state index in [0.717, 1.165) is 11.8 Å². The Morgan fingerprint density at radius 2 is 2.06 bits per heavy atom. The van der Waals surface area contributed by atoms with E-state index in [1.165, 1.54) is 14.2 Å². The second-order valence-electron chi connectivity index (χ2n) is 7.20. The molecule has 1 heterocycles. The Morgan fingerprint density at radius 3 is 2.61 bits per heavy atom. The molecule has 2 N–H and O–H groups in total. The Labute approximate surface area is 193 Å². The van der Waals surface area contributed by atoms with Crippen LogP contribution in [0.1, 0.15) is 25.3 Å². The molecule has 2 atom stereocenters. The summed E-state index contributed by atoms with van der Waals surface area (Å²) < 4.78 is 10.7. The third-order valence-corrected chi connectivity index (χ3v) is 6.21. The lowest BCUT2D eigenvalue weighted by molar-refractivity contribution is -0.150. The number of thioether (sulfide) groups is 1. The van der Waals surface area contributed by atoms with Crippen LogP contribution in [0.2, 0.25) is 0 Å². The fourth-order valence-electron chi connectivity index (χ4n) is 3.06. The number of carbonyl (C=O) groups excluding carboxylic acids is 3. The van der Waals surface area contributed by atoms with Crippen molar-refractivity contribution in [1.82, 2.24) is 10.6 Å². The zero-order valence-corrected chi connectivity index (χ0v) is 20.1. The number of halogens is 1. The number of nitriles is 1. The monoisotopic (exact) mass is 509 g/mol. The predicted octanol–water partition coefficient (Wildman–Crippen LogP) is 2.70. The van der Waals surface area contributed by atoms with E-state index in [2.05, 4.69) is 32.6 Å². The average Bonchev–Trinajstić information content (AvgIpc) is 2.74. The van der Waals surface area contributed by atoms with Crippen LogP contribution in [-0.2, 0) is 19.1 Å². The first-order valence-corrected chi connectivity index (χ1v) is 11.3. The minimum absolute atomic E-state index is 0.0232. The molecule has 1 aromatic rings. The number of carbonyl (C=O) groups is 3. The van der Waals surface area contributed by atoms with Crippen LogP contribution in [0, 0.1) is 23.2 Å². The van der Waals surface area contributed by atoms with Gasteiger partial charge in [-0.25, -0.2) is 0 Å². The molecule has 0 radical (unpaired) electrons. The highest BCUT2D eigenvalue weighted by atomic mass is 79.9. The normalized spacial score (nSPS) is 18.3. The van der Waals surface area contributed by atoms with E-state index >= 15 is 0 Å². The smallest absolute Gasteiger partial charge is 0.319 e. The third-order valence-electron chi connectivity index (χ3n) is 4.57. The number of allylic oxidation sites excluding steroid dienone is 1. The van der Waals surface area contributed by atoms with Crippen LogP contribution in [-0.4, -0.2) is 44.3 Å². The highest BCUT2D eigenvalue weighted by Crippen LogP contribution is 2.41. The first-order chi connectivity index (χ1) is 14.7. The van der Waals surface area contributed by atoms with E-state index < -0.39 is 23.7 Å². The molecule has 31 heavy (non-hydrogen) atoms. The van der Waals surface area contributed by atoms with Gasteiger partial charge in [0.2, 0.25) is 11.8 Å². The van der Waals surface area contributed by atoms with Gasteiger partial charge in [0.15, 0.2) is 0 Å². The summed E-state index contributed by atoms with van der Waals surface area (Å²) in [4.78, 5) is 37.3. The van der Waals surface area contributed by atoms with Gasteiger partial charge in [-0.1, -0.05) is 31.7 Å². The summed E-state index contributed by atoms with van der Waals surface area (Å²) >= 11 is 4.45. The second-order valence-corrected chi connectivity index (χ2v) is 9.04. The van der Waals surface area contributed by atoms with Gasteiger partial charge in [-0.15, -0.1) is 0 Å². The maximum atomic E-state index is 12.8. The fourth-order valence-corrected chi connectivity index (χ4v) is 4.50. The van der Waals surface area contributed by atoms with Crippen molar-refractivity contribution in [3.8, 4) is 11.8 Å². The number of nitrogens with one attached hydrogen (secondary N) is 2. The second kappa shape index (κ2) is 11.2. The number of hydrogen-bond donors (Lipinski definition) is 2. The molecule has 0 aliphatic carbocycles. The van der Waals surface area contributed by atoms with E-state index in [1.807, 2.05) is 13.8 Å². The number of amides is 2. The van der Waals surface area contributed by atoms with Crippen molar-refractivity contribution in [3.63, 3.8) is 0 Å². The van der Waals surface area contributed by atoms with E-state index in [0.29, 0.717) is 28.2 Å². The molecule has 0 bridgehead atoms. The zero-order valence-electron chi connectivity index (χ0n) is 17.7. The number of benzene rings is 1. The molecule has 1 aliphatic heterocycles. The van der Waals surface area contributed by atoms with Crippen LogP contribution in [0.3, 0.4) is 0 Å². The van der Waals surface area contributed by atoms with E-state index in [4.69, 9.17) is 9.47 Å². The molecule has 8 nitrogen and oxygen atoms in total. The molecule has 2 amide bonds. The molecule has 0 saturated heterocycles. The molecule has 2 rings (SSSR count). The van der Waals surface area contributed by atoms with Crippen LogP contribution in [0.15, 0.2) is 33.3 Å². The lowest BCUT2D eigenvalue weighted by atomic mass is 9.78. The van der Waals surface area contributed by atoms with Crippen molar-refractivity contribution < 1.29 is 23.9 Å². The quantitative estimate of drug-likeness (QED) is 0.408. The van der Waals surface area contributed by atoms with Gasteiger partial charge in [-0.2, -0.15) is 5.26 Å². The molecule has 166 valence electrons. The van der Waals surface area contributed by atoms with Gasteiger partial charge in [0.05, 0.1) is 41.1 Å². The number of esters is 1. The topological polar surface area (TPSA) is 118 Å². The maximum Gasteiger partial charge on any atom is 0.319 e. The summed E-state index contributed by atoms with van der Waals surface area (Å²) in [5.74, 6) is -2.76. The van der Waals surface area contributed by atoms with Crippen molar-refractivity contribution in [2.24, 2.45) is 11.8 Å². The fraction of sp³-hybridized carbons (Fsp3) is 0.429. The Hall–Kier alpha value is -2.51. The van der Waals surface area contributed by atoms with Gasteiger partial charge >= 0.3 is 5.97 Å². The molecule has 1 aromatic carbocycles. The van der Waals surface area contributed by atoms with Gasteiger partial charge in [0.1, 0.15) is 11.7 Å². The number of ether oxygens (including phenoxy) is 2. The number of nitrogens with zero attached hydrogens (tertiary/aromatic N) is 1. The predicted molar refractivity (Wildman–Crippen MR) is 120 cm³/mol. The lowest BCUT2D eigenvalue weighted by Crippen LogP contribution is -2.44. The molecule has 1 aliphatic rings. The Morgan fingerprint density at radius 1 is 1.35 bits per heavy atom. The van der Waals surface area contributed by atoms with Crippen LogP contribution in [0.4, 0.5) is 0 Å². The minimum atomic E-state index is -1.24. The largest absolute Gasteiger partial charge is 0.496 e. The summed E-state index contributed by atoms with van der Waals surface area (Å²) in [6.45, 7) is 4.49. The van der Waals surface area contributed by atoms with Gasteiger partial charge in [0.25, 0.3) is 0 Å². The van der Waals surface area contributed by atoms with E-state index in [1.54, 1.807) is 18.2 Å². The van der Waals surface area contributed by atoms with Crippen LogP contribution in [0.5, 0.6) is 5.75 Å². The van der Waals surface area contributed by atoms with Crippen molar-refractivity contribution >= 4 is 45.5 Å². The average molecular weight is 510 g/mol. The SMILES string of the molecule is COC(=O)[C@H]1C(=O)NC(SCC(=O)NCC(C)C)=C(C#N)[C@@H]1c1ccc(OC)c(Br)c1. The molecular formula is C21H24BrN3O5S. The van der Waals surface area contributed by atoms with Gasteiger partial charge < -0.3 is 20.1 Å². The standard InChI is InChI=1S/C21H24BrN3O5S/c1-11(2)9-24-16(26)10-31-20-13(8-23)17(18(19(27)25-20)21(28)30-4)12-5-6-15(29-3)14(22)7-12/h5-7,11,17-18H,9-10H2,1-4H3,(H,24,26)(H,25,27)/t17-,18+/m0/s1. The Kier molecular flexibility index (Phi) is 8.95. The Bertz CT molecular complexity index is 941. The number of rotatable bonds is 8. The van der Waals surface area contributed by atoms with Gasteiger partial charge in [-0.3, -0.25) is 14.4 Å². The maximum absolute atomic E-state index is 12.8. The molecule has 0 fully saturated rings. The number of methoxy groups -OCH3 is 2. The van der Waals surface area contributed by atoms with Crippen LogP contribution < -0.4 is 15.4 Å². The van der Waals surface area contributed by atoms with Gasteiger partial charge in [-0.05, 0) is 39.5 Å². The highest BCUT2D eigenvalue weighted by Gasteiger charge is 2.44. The summed E-state index contributed by atoms with van der Waals surface area (Å²) in [5.41, 5.74) is 0.755. The van der Waals surface area contributed by atoms with Crippen molar-refractivity contribution in [3.05, 3.63) is 38.8 Å². The van der Waals surface area contributed by atoms with Crippen molar-refractivity contribution in [1.29, 1.82) is 5.26 Å². The van der Waals surface area contributed by atoms with Crippen LogP contribution in [0.25, 0.3) is 0 Å². The Balaban J connectivity index is 2.44. The third kappa shape index (κ3) is 6.02. The summed E-state index contributed by atoms with van der Waals surface area (Å²) in [6.07, 6.45) is 0.